The van der Waals surface area contributed by atoms with E-state index in [2.05, 4.69) is 163 Å². The molecule has 5 nitrogen and oxygen atoms in total. The maximum Gasteiger partial charge on any atom is 0.196 e. The van der Waals surface area contributed by atoms with Crippen molar-refractivity contribution in [1.29, 1.82) is 0 Å². The van der Waals surface area contributed by atoms with Gasteiger partial charge in [-0.05, 0) is 77.7 Å². The number of fused-ring (bicyclic) bond motifs is 9. The molecule has 0 bridgehead atoms. The van der Waals surface area contributed by atoms with E-state index in [-0.39, 0.29) is 0 Å². The summed E-state index contributed by atoms with van der Waals surface area (Å²) in [5.41, 5.74) is 12.8. The number of benzene rings is 8. The van der Waals surface area contributed by atoms with Gasteiger partial charge in [0.05, 0.1) is 51.9 Å². The van der Waals surface area contributed by atoms with Crippen LogP contribution in [0.15, 0.2) is 176 Å². The van der Waals surface area contributed by atoms with Crippen molar-refractivity contribution in [2.75, 3.05) is 0 Å². The van der Waals surface area contributed by atoms with Crippen LogP contribution in [0.1, 0.15) is 0 Å². The number of rotatable bonds is 4. The Kier molecular flexibility index (Phi) is 6.61. The zero-order valence-electron chi connectivity index (χ0n) is 29.5. The van der Waals surface area contributed by atoms with Gasteiger partial charge < -0.3 is 13.7 Å². The first-order valence-corrected chi connectivity index (χ1v) is 18.3. The Morgan fingerprint density at radius 1 is 0.364 bits per heavy atom. The van der Waals surface area contributed by atoms with Crippen molar-refractivity contribution in [3.05, 3.63) is 199 Å². The summed E-state index contributed by atoms with van der Waals surface area (Å²) in [6, 6.07) is 61.3. The summed E-state index contributed by atoms with van der Waals surface area (Å²) in [4.78, 5) is 7.77. The topological polar surface area (TPSA) is 23.5 Å². The first kappa shape index (κ1) is 30.7. The molecule has 0 aliphatic carbocycles. The van der Waals surface area contributed by atoms with Gasteiger partial charge >= 0.3 is 0 Å². The Balaban J connectivity index is 1.14. The Hall–Kier alpha value is -7.86. The van der Waals surface area contributed by atoms with Crippen molar-refractivity contribution in [1.82, 2.24) is 13.7 Å². The minimum absolute atomic E-state index is 0.596. The molecular weight excluding hydrogens is 671 g/mol. The molecule has 3 aromatic heterocycles. The summed E-state index contributed by atoms with van der Waals surface area (Å²) in [6.45, 7) is 15.9. The number of hydrogen-bond acceptors (Lipinski definition) is 0. The summed E-state index contributed by atoms with van der Waals surface area (Å²) >= 11 is 0. The lowest BCUT2D eigenvalue weighted by Crippen LogP contribution is -1.99. The normalized spacial score (nSPS) is 11.6. The molecule has 3 heterocycles. The molecule has 0 aliphatic heterocycles. The van der Waals surface area contributed by atoms with Crippen molar-refractivity contribution in [3.8, 4) is 28.2 Å². The lowest BCUT2D eigenvalue weighted by Gasteiger charge is -2.17. The van der Waals surface area contributed by atoms with Gasteiger partial charge in [0, 0.05) is 43.9 Å². The van der Waals surface area contributed by atoms with Crippen LogP contribution in [0.2, 0.25) is 0 Å². The molecule has 0 saturated heterocycles. The summed E-state index contributed by atoms with van der Waals surface area (Å²) in [5, 5.41) is 6.93. The van der Waals surface area contributed by atoms with Gasteiger partial charge in [0.25, 0.3) is 0 Å². The molecule has 0 unspecified atom stereocenters. The van der Waals surface area contributed by atoms with Crippen LogP contribution in [0.4, 0.5) is 11.4 Å². The third-order valence-electron chi connectivity index (χ3n) is 11.1. The highest BCUT2D eigenvalue weighted by atomic mass is 15.0. The van der Waals surface area contributed by atoms with Crippen molar-refractivity contribution in [2.45, 2.75) is 0 Å². The third kappa shape index (κ3) is 4.39. The Morgan fingerprint density at radius 3 is 1.53 bits per heavy atom. The smallest absolute Gasteiger partial charge is 0.196 e. The van der Waals surface area contributed by atoms with E-state index in [4.69, 9.17) is 13.1 Å². The standard InChI is InChI=1S/C50H29N5/c1-51-33-27-30-45-39(31-33)37-15-5-7-18-41(37)53(45)34-28-25-32(26-29-34)49-40(52-2)17-11-22-46(49)55-44-21-10-6-16-38(44)50-47(23-12-24-48(50)55)54-42-19-8-3-13-35(42)36-14-4-9-20-43(36)54/h3-31H. The van der Waals surface area contributed by atoms with Gasteiger partial charge in [-0.1, -0.05) is 109 Å². The average molecular weight is 700 g/mol. The fourth-order valence-corrected chi connectivity index (χ4v) is 8.82. The lowest BCUT2D eigenvalue weighted by molar-refractivity contribution is 1.17. The highest BCUT2D eigenvalue weighted by Gasteiger charge is 2.22. The fourth-order valence-electron chi connectivity index (χ4n) is 8.82. The van der Waals surface area contributed by atoms with Crippen LogP contribution >= 0.6 is 0 Å². The van der Waals surface area contributed by atoms with Crippen LogP contribution in [-0.4, -0.2) is 13.7 Å². The number of nitrogens with zero attached hydrogens (tertiary/aromatic N) is 5. The molecule has 254 valence electrons. The largest absolute Gasteiger partial charge is 0.310 e. The molecule has 5 heteroatoms. The Bertz CT molecular complexity index is 3400. The van der Waals surface area contributed by atoms with Crippen molar-refractivity contribution in [3.63, 3.8) is 0 Å². The predicted molar refractivity (Wildman–Crippen MR) is 227 cm³/mol. The highest BCUT2D eigenvalue weighted by Crippen LogP contribution is 2.44. The maximum atomic E-state index is 8.32. The maximum absolute atomic E-state index is 8.32. The second-order valence-corrected chi connectivity index (χ2v) is 13.9. The molecular formula is C50H29N5. The predicted octanol–water partition coefficient (Wildman–Crippen LogP) is 13.7. The van der Waals surface area contributed by atoms with Gasteiger partial charge in [-0.15, -0.1) is 0 Å². The van der Waals surface area contributed by atoms with E-state index in [1.54, 1.807) is 0 Å². The second kappa shape index (κ2) is 11.8. The van der Waals surface area contributed by atoms with Crippen molar-refractivity contribution in [2.24, 2.45) is 0 Å². The summed E-state index contributed by atoms with van der Waals surface area (Å²) in [7, 11) is 0. The fraction of sp³-hybridized carbons (Fsp3) is 0. The molecule has 11 rings (SSSR count). The molecule has 11 aromatic rings. The summed E-state index contributed by atoms with van der Waals surface area (Å²) in [5.74, 6) is 0. The molecule has 0 saturated carbocycles. The van der Waals surface area contributed by atoms with Crippen LogP contribution in [0.5, 0.6) is 0 Å². The van der Waals surface area contributed by atoms with Gasteiger partial charge in [-0.25, -0.2) is 9.69 Å². The first-order chi connectivity index (χ1) is 27.2. The second-order valence-electron chi connectivity index (χ2n) is 13.9. The molecule has 55 heavy (non-hydrogen) atoms. The van der Waals surface area contributed by atoms with Crippen LogP contribution in [0, 0.1) is 13.1 Å². The van der Waals surface area contributed by atoms with Gasteiger partial charge in [0.15, 0.2) is 11.4 Å². The van der Waals surface area contributed by atoms with Crippen molar-refractivity contribution < 1.29 is 0 Å². The first-order valence-electron chi connectivity index (χ1n) is 18.3. The van der Waals surface area contributed by atoms with Gasteiger partial charge in [0.2, 0.25) is 0 Å². The molecule has 0 fully saturated rings. The highest BCUT2D eigenvalue weighted by molar-refractivity contribution is 6.17. The Morgan fingerprint density at radius 2 is 0.873 bits per heavy atom. The van der Waals surface area contributed by atoms with Crippen molar-refractivity contribution >= 4 is 76.8 Å². The lowest BCUT2D eigenvalue weighted by atomic mass is 10.0. The molecule has 0 amide bonds. The zero-order valence-corrected chi connectivity index (χ0v) is 29.5. The minimum Gasteiger partial charge on any atom is -0.310 e. The van der Waals surface area contributed by atoms with Crippen LogP contribution in [0.25, 0.3) is 103 Å². The number of hydrogen-bond donors (Lipinski definition) is 0. The quantitative estimate of drug-likeness (QED) is 0.163. The van der Waals surface area contributed by atoms with Crippen LogP contribution in [0.3, 0.4) is 0 Å². The number of para-hydroxylation sites is 4. The van der Waals surface area contributed by atoms with Crippen LogP contribution < -0.4 is 0 Å². The summed E-state index contributed by atoms with van der Waals surface area (Å²) < 4.78 is 6.99. The van der Waals surface area contributed by atoms with E-state index in [0.29, 0.717) is 11.4 Å². The Labute approximate surface area is 316 Å². The monoisotopic (exact) mass is 699 g/mol. The molecule has 0 spiro atoms. The van der Waals surface area contributed by atoms with Gasteiger partial charge in [0.1, 0.15) is 0 Å². The SMILES string of the molecule is [C-]#[N+]c1ccc2c(c1)c1ccccc1n2-c1ccc(-c2c([N+]#[C-])cccc2-n2c3ccccc3c3c(-n4c5ccccc5c5ccccc54)cccc32)cc1. The van der Waals surface area contributed by atoms with Gasteiger partial charge in [-0.3, -0.25) is 0 Å². The van der Waals surface area contributed by atoms with Gasteiger partial charge in [-0.2, -0.15) is 0 Å². The molecule has 0 radical (unpaired) electrons. The van der Waals surface area contributed by atoms with E-state index in [0.717, 1.165) is 71.8 Å². The van der Waals surface area contributed by atoms with E-state index < -0.39 is 0 Å². The van der Waals surface area contributed by atoms with E-state index >= 15 is 0 Å². The van der Waals surface area contributed by atoms with Crippen LogP contribution in [-0.2, 0) is 0 Å². The third-order valence-corrected chi connectivity index (χ3v) is 11.1. The molecule has 8 aromatic carbocycles. The average Bonchev–Trinajstić information content (AvgIpc) is 3.89. The molecule has 0 aliphatic rings. The van der Waals surface area contributed by atoms with E-state index in [9.17, 15) is 0 Å². The minimum atomic E-state index is 0.596. The zero-order chi connectivity index (χ0) is 36.6. The summed E-state index contributed by atoms with van der Waals surface area (Å²) in [6.07, 6.45) is 0. The van der Waals surface area contributed by atoms with E-state index in [1.807, 2.05) is 36.4 Å². The molecule has 0 N–H and O–H groups in total. The van der Waals surface area contributed by atoms with E-state index in [1.165, 1.54) is 21.8 Å². The number of aromatic nitrogens is 3. The molecule has 0 atom stereocenters.